The van der Waals surface area contributed by atoms with Crippen LogP contribution < -0.4 is 10.2 Å². The lowest BCUT2D eigenvalue weighted by Gasteiger charge is -2.16. The maximum absolute atomic E-state index is 12.5. The summed E-state index contributed by atoms with van der Waals surface area (Å²) < 4.78 is 7.63. The summed E-state index contributed by atoms with van der Waals surface area (Å²) in [5.41, 5.74) is 1.34. The molecule has 9 heteroatoms. The van der Waals surface area contributed by atoms with Gasteiger partial charge in [0.1, 0.15) is 5.82 Å². The maximum atomic E-state index is 12.5. The lowest BCUT2D eigenvalue weighted by Crippen LogP contribution is -2.27. The van der Waals surface area contributed by atoms with Crippen LogP contribution in [0, 0.1) is 0 Å². The van der Waals surface area contributed by atoms with E-state index >= 15 is 0 Å². The van der Waals surface area contributed by atoms with Crippen molar-refractivity contribution in [2.75, 3.05) is 30.3 Å². The van der Waals surface area contributed by atoms with Gasteiger partial charge in [-0.3, -0.25) is 9.59 Å². The zero-order valence-electron chi connectivity index (χ0n) is 17.2. The Kier molecular flexibility index (Phi) is 6.69. The molecule has 4 rings (SSSR count). The van der Waals surface area contributed by atoms with E-state index in [-0.39, 0.29) is 11.8 Å². The fraction of sp³-hybridized carbons (Fsp3) is 0.524. The van der Waals surface area contributed by atoms with E-state index in [0.717, 1.165) is 48.3 Å². The van der Waals surface area contributed by atoms with E-state index in [4.69, 9.17) is 4.74 Å². The Bertz CT molecular complexity index is 910. The zero-order chi connectivity index (χ0) is 20.9. The number of rotatable bonds is 8. The molecule has 0 saturated carbocycles. The maximum Gasteiger partial charge on any atom is 0.251 e. The number of hydrogen-bond donors (Lipinski definition) is 1. The minimum Gasteiger partial charge on any atom is -0.377 e. The zero-order valence-corrected chi connectivity index (χ0v) is 18.0. The van der Waals surface area contributed by atoms with Gasteiger partial charge in [0, 0.05) is 56.6 Å². The smallest absolute Gasteiger partial charge is 0.251 e. The van der Waals surface area contributed by atoms with Gasteiger partial charge in [0.2, 0.25) is 5.91 Å². The molecule has 2 saturated heterocycles. The molecule has 0 radical (unpaired) electrons. The van der Waals surface area contributed by atoms with Crippen LogP contribution >= 0.6 is 11.8 Å². The number of thioether (sulfide) groups is 1. The van der Waals surface area contributed by atoms with Crippen molar-refractivity contribution in [3.63, 3.8) is 0 Å². The Balaban J connectivity index is 1.28. The Morgan fingerprint density at radius 1 is 1.33 bits per heavy atom. The first kappa shape index (κ1) is 20.9. The van der Waals surface area contributed by atoms with Crippen molar-refractivity contribution in [2.45, 2.75) is 43.4 Å². The third-order valence-corrected chi connectivity index (χ3v) is 6.63. The van der Waals surface area contributed by atoms with Gasteiger partial charge >= 0.3 is 0 Å². The average Bonchev–Trinajstić information content (AvgIpc) is 3.49. The van der Waals surface area contributed by atoms with Crippen LogP contribution in [0.2, 0.25) is 0 Å². The van der Waals surface area contributed by atoms with Gasteiger partial charge < -0.3 is 19.5 Å². The summed E-state index contributed by atoms with van der Waals surface area (Å²) in [6, 6.07) is 7.23. The van der Waals surface area contributed by atoms with Crippen LogP contribution in [0.1, 0.15) is 41.9 Å². The van der Waals surface area contributed by atoms with Gasteiger partial charge in [0.25, 0.3) is 5.91 Å². The largest absolute Gasteiger partial charge is 0.377 e. The van der Waals surface area contributed by atoms with Crippen LogP contribution in [0.3, 0.4) is 0 Å². The first-order chi connectivity index (χ1) is 14.6. The molecule has 2 aliphatic heterocycles. The molecule has 0 aliphatic carbocycles. The number of amides is 2. The number of nitrogens with one attached hydrogen (secondary N) is 1. The predicted octanol–water partition coefficient (Wildman–Crippen LogP) is 2.19. The molecule has 0 bridgehead atoms. The molecule has 160 valence electrons. The number of ether oxygens (including phenoxy) is 1. The highest BCUT2D eigenvalue weighted by molar-refractivity contribution is 7.99. The molecule has 2 fully saturated rings. The van der Waals surface area contributed by atoms with Crippen LogP contribution in [0.4, 0.5) is 5.69 Å². The van der Waals surface area contributed by atoms with Crippen molar-refractivity contribution in [3.8, 4) is 0 Å². The van der Waals surface area contributed by atoms with Crippen molar-refractivity contribution >= 4 is 29.3 Å². The van der Waals surface area contributed by atoms with E-state index < -0.39 is 0 Å². The number of aromatic nitrogens is 3. The van der Waals surface area contributed by atoms with Crippen molar-refractivity contribution in [2.24, 2.45) is 7.05 Å². The molecule has 2 aromatic rings. The lowest BCUT2D eigenvalue weighted by molar-refractivity contribution is -0.117. The molecule has 1 aromatic carbocycles. The number of hydrogen-bond acceptors (Lipinski definition) is 6. The SMILES string of the molecule is Cn1c(CCNC(=O)c2cccc(N3CCCC3=O)c2)nnc1SCC1CCCO1. The summed E-state index contributed by atoms with van der Waals surface area (Å²) in [4.78, 5) is 26.2. The van der Waals surface area contributed by atoms with Gasteiger partial charge in [-0.1, -0.05) is 17.8 Å². The third-order valence-electron chi connectivity index (χ3n) is 5.47. The quantitative estimate of drug-likeness (QED) is 0.647. The standard InChI is InChI=1S/C21H27N5O3S/c1-25-18(23-24-21(25)30-14-17-7-4-12-29-17)9-10-22-20(28)15-5-2-6-16(13-15)26-11-3-8-19(26)27/h2,5-6,13,17H,3-4,7-12,14H2,1H3,(H,22,28). The van der Waals surface area contributed by atoms with Crippen LogP contribution in [0.5, 0.6) is 0 Å². The molecular weight excluding hydrogens is 402 g/mol. The minimum atomic E-state index is -0.154. The molecule has 1 aromatic heterocycles. The summed E-state index contributed by atoms with van der Waals surface area (Å²) in [7, 11) is 1.95. The minimum absolute atomic E-state index is 0.114. The second-order valence-electron chi connectivity index (χ2n) is 7.61. The molecule has 0 spiro atoms. The number of anilines is 1. The van der Waals surface area contributed by atoms with Crippen LogP contribution in [0.25, 0.3) is 0 Å². The van der Waals surface area contributed by atoms with E-state index in [1.54, 1.807) is 28.8 Å². The highest BCUT2D eigenvalue weighted by Gasteiger charge is 2.22. The van der Waals surface area contributed by atoms with Crippen LogP contribution in [-0.2, 0) is 23.0 Å². The average molecular weight is 430 g/mol. The molecule has 2 aliphatic rings. The first-order valence-corrected chi connectivity index (χ1v) is 11.4. The second kappa shape index (κ2) is 9.61. The highest BCUT2D eigenvalue weighted by atomic mass is 32.2. The van der Waals surface area contributed by atoms with Gasteiger partial charge in [0.05, 0.1) is 6.10 Å². The van der Waals surface area contributed by atoms with E-state index in [1.807, 2.05) is 23.7 Å². The summed E-state index contributed by atoms with van der Waals surface area (Å²) in [5.74, 6) is 1.68. The normalized spacial score (nSPS) is 18.9. The molecule has 2 amide bonds. The fourth-order valence-corrected chi connectivity index (χ4v) is 4.75. The fourth-order valence-electron chi connectivity index (χ4n) is 3.76. The summed E-state index contributed by atoms with van der Waals surface area (Å²) in [6.45, 7) is 2.03. The number of carbonyl (C=O) groups excluding carboxylic acids is 2. The topological polar surface area (TPSA) is 89.4 Å². The predicted molar refractivity (Wildman–Crippen MR) is 115 cm³/mol. The number of carbonyl (C=O) groups is 2. The van der Waals surface area contributed by atoms with Gasteiger partial charge in [0.15, 0.2) is 5.16 Å². The summed E-state index contributed by atoms with van der Waals surface area (Å²) >= 11 is 1.66. The molecule has 8 nitrogen and oxygen atoms in total. The first-order valence-electron chi connectivity index (χ1n) is 10.4. The molecule has 1 unspecified atom stereocenters. The van der Waals surface area contributed by atoms with Crippen molar-refractivity contribution in [3.05, 3.63) is 35.7 Å². The van der Waals surface area contributed by atoms with E-state index in [9.17, 15) is 9.59 Å². The van der Waals surface area contributed by atoms with E-state index in [2.05, 4.69) is 15.5 Å². The second-order valence-corrected chi connectivity index (χ2v) is 8.60. The summed E-state index contributed by atoms with van der Waals surface area (Å²) in [6.07, 6.45) is 4.58. The molecule has 30 heavy (non-hydrogen) atoms. The molecule has 1 N–H and O–H groups in total. The third kappa shape index (κ3) is 4.84. The van der Waals surface area contributed by atoms with Crippen molar-refractivity contribution in [1.29, 1.82) is 0 Å². The van der Waals surface area contributed by atoms with Crippen molar-refractivity contribution < 1.29 is 14.3 Å². The molecular formula is C21H27N5O3S. The van der Waals surface area contributed by atoms with Crippen LogP contribution in [-0.4, -0.2) is 58.1 Å². The molecule has 1 atom stereocenters. The summed E-state index contributed by atoms with van der Waals surface area (Å²) in [5, 5.41) is 12.3. The van der Waals surface area contributed by atoms with Gasteiger partial charge in [-0.2, -0.15) is 0 Å². The Hall–Kier alpha value is -2.39. The van der Waals surface area contributed by atoms with Gasteiger partial charge in [-0.05, 0) is 37.5 Å². The number of nitrogens with zero attached hydrogens (tertiary/aromatic N) is 4. The Labute approximate surface area is 180 Å². The Morgan fingerprint density at radius 3 is 3.00 bits per heavy atom. The lowest BCUT2D eigenvalue weighted by atomic mass is 10.1. The number of benzene rings is 1. The Morgan fingerprint density at radius 2 is 2.23 bits per heavy atom. The van der Waals surface area contributed by atoms with Crippen LogP contribution in [0.15, 0.2) is 29.4 Å². The van der Waals surface area contributed by atoms with Gasteiger partial charge in [-0.15, -0.1) is 10.2 Å². The monoisotopic (exact) mass is 429 g/mol. The molecule has 3 heterocycles. The van der Waals surface area contributed by atoms with Crippen molar-refractivity contribution in [1.82, 2.24) is 20.1 Å². The van der Waals surface area contributed by atoms with E-state index in [1.165, 1.54) is 0 Å². The highest BCUT2D eigenvalue weighted by Crippen LogP contribution is 2.23. The van der Waals surface area contributed by atoms with E-state index in [0.29, 0.717) is 37.6 Å². The van der Waals surface area contributed by atoms with Gasteiger partial charge in [-0.25, -0.2) is 0 Å².